The van der Waals surface area contributed by atoms with Crippen molar-refractivity contribution in [2.45, 2.75) is 38.8 Å². The summed E-state index contributed by atoms with van der Waals surface area (Å²) in [5, 5.41) is 2.99. The number of carbonyl (C=O) groups excluding carboxylic acids is 2. The van der Waals surface area contributed by atoms with E-state index in [0.29, 0.717) is 24.5 Å². The Balaban J connectivity index is 1.70. The van der Waals surface area contributed by atoms with Gasteiger partial charge in [0.25, 0.3) is 11.5 Å². The molecule has 1 aliphatic heterocycles. The van der Waals surface area contributed by atoms with Crippen molar-refractivity contribution in [1.82, 2.24) is 19.9 Å². The molecule has 4 rings (SSSR count). The molecule has 8 heteroatoms. The molecule has 158 valence electrons. The maximum absolute atomic E-state index is 13.1. The Labute approximate surface area is 178 Å². The van der Waals surface area contributed by atoms with Crippen LogP contribution >= 0.6 is 0 Å². The van der Waals surface area contributed by atoms with E-state index in [9.17, 15) is 14.4 Å². The number of nitrogens with zero attached hydrogens (tertiary/aromatic N) is 3. The molecule has 3 heterocycles. The standard InChI is InChI=1S/C23H22N4O4/c1-15(28)31-20-8-3-2-6-17(20)23(30)26-18-7-4-5-13-27-21(29)14-19(25-22(18)27)16-9-11-24-12-10-16/h2-3,6,8-12,14,18H,4-5,7,13H2,1H3,(H,26,30). The molecule has 0 radical (unpaired) electrons. The van der Waals surface area contributed by atoms with Crippen molar-refractivity contribution in [3.8, 4) is 17.0 Å². The van der Waals surface area contributed by atoms with E-state index >= 15 is 0 Å². The molecule has 0 bridgehead atoms. The molecule has 0 fully saturated rings. The van der Waals surface area contributed by atoms with Gasteiger partial charge in [0.05, 0.1) is 17.3 Å². The number of hydrogen-bond donors (Lipinski definition) is 1. The zero-order valence-electron chi connectivity index (χ0n) is 17.1. The quantitative estimate of drug-likeness (QED) is 0.516. The summed E-state index contributed by atoms with van der Waals surface area (Å²) in [5.41, 5.74) is 1.42. The number of benzene rings is 1. The smallest absolute Gasteiger partial charge is 0.308 e. The third-order valence-electron chi connectivity index (χ3n) is 5.14. The SMILES string of the molecule is CC(=O)Oc1ccccc1C(=O)NC1CCCCn2c1nc(-c1ccncc1)cc2=O. The number of fused-ring (bicyclic) bond motifs is 1. The maximum Gasteiger partial charge on any atom is 0.308 e. The minimum atomic E-state index is -0.504. The number of esters is 1. The predicted octanol–water partition coefficient (Wildman–Crippen LogP) is 2.89. The van der Waals surface area contributed by atoms with Crippen molar-refractivity contribution < 1.29 is 14.3 Å². The third-order valence-corrected chi connectivity index (χ3v) is 5.14. The van der Waals surface area contributed by atoms with Crippen molar-refractivity contribution in [2.24, 2.45) is 0 Å². The highest BCUT2D eigenvalue weighted by molar-refractivity contribution is 5.97. The zero-order valence-corrected chi connectivity index (χ0v) is 17.1. The van der Waals surface area contributed by atoms with Crippen molar-refractivity contribution in [2.75, 3.05) is 0 Å². The van der Waals surface area contributed by atoms with Crippen LogP contribution in [-0.4, -0.2) is 26.4 Å². The van der Waals surface area contributed by atoms with Gasteiger partial charge in [-0.05, 0) is 43.5 Å². The summed E-state index contributed by atoms with van der Waals surface area (Å²) in [7, 11) is 0. The summed E-state index contributed by atoms with van der Waals surface area (Å²) >= 11 is 0. The highest BCUT2D eigenvalue weighted by atomic mass is 16.5. The molecule has 2 aromatic heterocycles. The number of nitrogens with one attached hydrogen (secondary N) is 1. The van der Waals surface area contributed by atoms with Gasteiger partial charge >= 0.3 is 5.97 Å². The van der Waals surface area contributed by atoms with Crippen LogP contribution in [0, 0.1) is 0 Å². The van der Waals surface area contributed by atoms with Gasteiger partial charge in [-0.15, -0.1) is 0 Å². The second-order valence-corrected chi connectivity index (χ2v) is 7.34. The Morgan fingerprint density at radius 2 is 1.90 bits per heavy atom. The molecule has 1 N–H and O–H groups in total. The third kappa shape index (κ3) is 4.53. The van der Waals surface area contributed by atoms with Gasteiger partial charge < -0.3 is 10.1 Å². The normalized spacial score (nSPS) is 15.5. The second kappa shape index (κ2) is 8.91. The van der Waals surface area contributed by atoms with Crippen molar-refractivity contribution in [1.29, 1.82) is 0 Å². The van der Waals surface area contributed by atoms with E-state index in [4.69, 9.17) is 9.72 Å². The molecule has 1 aromatic carbocycles. The zero-order chi connectivity index (χ0) is 21.8. The molecule has 0 aliphatic carbocycles. The lowest BCUT2D eigenvalue weighted by atomic mass is 10.1. The van der Waals surface area contributed by atoms with Gasteiger partial charge in [-0.25, -0.2) is 4.98 Å². The van der Waals surface area contributed by atoms with Crippen LogP contribution in [0.5, 0.6) is 5.75 Å². The van der Waals surface area contributed by atoms with Crippen LogP contribution in [0.15, 0.2) is 59.7 Å². The van der Waals surface area contributed by atoms with Crippen molar-refractivity contribution in [3.63, 3.8) is 0 Å². The summed E-state index contributed by atoms with van der Waals surface area (Å²) < 4.78 is 6.79. The topological polar surface area (TPSA) is 103 Å². The van der Waals surface area contributed by atoms with Crippen LogP contribution in [0.1, 0.15) is 48.4 Å². The lowest BCUT2D eigenvalue weighted by Gasteiger charge is -2.20. The average molecular weight is 418 g/mol. The number of rotatable bonds is 4. The van der Waals surface area contributed by atoms with Gasteiger partial charge in [-0.2, -0.15) is 0 Å². The molecule has 3 aromatic rings. The number of aromatic nitrogens is 3. The summed E-state index contributed by atoms with van der Waals surface area (Å²) in [5.74, 6) is -0.179. The summed E-state index contributed by atoms with van der Waals surface area (Å²) in [6, 6.07) is 11.2. The predicted molar refractivity (Wildman–Crippen MR) is 114 cm³/mol. The minimum Gasteiger partial charge on any atom is -0.426 e. The first-order valence-electron chi connectivity index (χ1n) is 10.1. The minimum absolute atomic E-state index is 0.154. The van der Waals surface area contributed by atoms with E-state index in [1.54, 1.807) is 53.4 Å². The van der Waals surface area contributed by atoms with Crippen LogP contribution in [0.3, 0.4) is 0 Å². The van der Waals surface area contributed by atoms with E-state index in [2.05, 4.69) is 10.3 Å². The molecule has 0 saturated heterocycles. The van der Waals surface area contributed by atoms with E-state index < -0.39 is 12.0 Å². The van der Waals surface area contributed by atoms with E-state index in [1.807, 2.05) is 0 Å². The van der Waals surface area contributed by atoms with Crippen LogP contribution < -0.4 is 15.6 Å². The fourth-order valence-electron chi connectivity index (χ4n) is 3.70. The summed E-state index contributed by atoms with van der Waals surface area (Å²) in [6.45, 7) is 1.83. The van der Waals surface area contributed by atoms with Gasteiger partial charge in [-0.1, -0.05) is 12.1 Å². The monoisotopic (exact) mass is 418 g/mol. The van der Waals surface area contributed by atoms with Gasteiger partial charge in [0.1, 0.15) is 11.6 Å². The van der Waals surface area contributed by atoms with E-state index in [-0.39, 0.29) is 22.8 Å². The Bertz CT molecular complexity index is 1170. The molecule has 0 saturated carbocycles. The number of para-hydroxylation sites is 1. The van der Waals surface area contributed by atoms with Crippen LogP contribution in [0.2, 0.25) is 0 Å². The highest BCUT2D eigenvalue weighted by Crippen LogP contribution is 2.26. The van der Waals surface area contributed by atoms with Gasteiger partial charge in [0, 0.05) is 37.5 Å². The van der Waals surface area contributed by atoms with Crippen molar-refractivity contribution >= 4 is 11.9 Å². The molecular formula is C23H22N4O4. The van der Waals surface area contributed by atoms with Crippen LogP contribution in [0.4, 0.5) is 0 Å². The molecule has 0 spiro atoms. The first-order chi connectivity index (χ1) is 15.0. The highest BCUT2D eigenvalue weighted by Gasteiger charge is 2.25. The summed E-state index contributed by atoms with van der Waals surface area (Å²) in [4.78, 5) is 46.0. The first-order valence-corrected chi connectivity index (χ1v) is 10.1. The molecule has 1 unspecified atom stereocenters. The Morgan fingerprint density at radius 3 is 2.68 bits per heavy atom. The van der Waals surface area contributed by atoms with Crippen molar-refractivity contribution in [3.05, 3.63) is 76.6 Å². The number of pyridine rings is 1. The van der Waals surface area contributed by atoms with E-state index in [1.165, 1.54) is 13.0 Å². The van der Waals surface area contributed by atoms with Gasteiger partial charge in [0.15, 0.2) is 0 Å². The Hall–Kier alpha value is -3.81. The molecule has 31 heavy (non-hydrogen) atoms. The lowest BCUT2D eigenvalue weighted by Crippen LogP contribution is -2.34. The molecule has 1 aliphatic rings. The average Bonchev–Trinajstić information content (AvgIpc) is 2.97. The first kappa shape index (κ1) is 20.5. The number of carbonyl (C=O) groups is 2. The Morgan fingerprint density at radius 1 is 1.13 bits per heavy atom. The lowest BCUT2D eigenvalue weighted by molar-refractivity contribution is -0.131. The van der Waals surface area contributed by atoms with Gasteiger partial charge in [-0.3, -0.25) is 23.9 Å². The fraction of sp³-hybridized carbons (Fsp3) is 0.261. The largest absolute Gasteiger partial charge is 0.426 e. The number of amides is 1. The number of hydrogen-bond acceptors (Lipinski definition) is 6. The Kier molecular flexibility index (Phi) is 5.88. The van der Waals surface area contributed by atoms with Gasteiger partial charge in [0.2, 0.25) is 0 Å². The maximum atomic E-state index is 13.1. The molecule has 8 nitrogen and oxygen atoms in total. The molecular weight excluding hydrogens is 396 g/mol. The fourth-order valence-corrected chi connectivity index (χ4v) is 3.70. The van der Waals surface area contributed by atoms with E-state index in [0.717, 1.165) is 18.4 Å². The molecule has 1 amide bonds. The second-order valence-electron chi connectivity index (χ2n) is 7.34. The van der Waals surface area contributed by atoms with Crippen LogP contribution in [-0.2, 0) is 11.3 Å². The van der Waals surface area contributed by atoms with Crippen LogP contribution in [0.25, 0.3) is 11.3 Å². The summed E-state index contributed by atoms with van der Waals surface area (Å²) in [6.07, 6.45) is 5.59. The molecule has 1 atom stereocenters. The number of ether oxygens (including phenoxy) is 1.